The van der Waals surface area contributed by atoms with Crippen molar-refractivity contribution in [1.29, 1.82) is 10.5 Å². The fraction of sp³-hybridized carbons (Fsp3) is 0.231. The number of hydrogen-bond donors (Lipinski definition) is 0. The molecule has 2 heteroatoms. The van der Waals surface area contributed by atoms with Crippen LogP contribution < -0.4 is 0 Å². The molecule has 0 spiro atoms. The summed E-state index contributed by atoms with van der Waals surface area (Å²) in [5.41, 5.74) is 1.64. The summed E-state index contributed by atoms with van der Waals surface area (Å²) in [6.45, 7) is 0. The first-order valence-corrected chi connectivity index (χ1v) is 4.73. The summed E-state index contributed by atoms with van der Waals surface area (Å²) in [5.74, 6) is 5.06. The molecule has 0 N–H and O–H groups in total. The van der Waals surface area contributed by atoms with Crippen molar-refractivity contribution in [1.82, 2.24) is 0 Å². The molecule has 1 aliphatic carbocycles. The number of nitriles is 2. The Morgan fingerprint density at radius 2 is 1.73 bits per heavy atom. The van der Waals surface area contributed by atoms with Crippen molar-refractivity contribution in [2.75, 3.05) is 0 Å². The van der Waals surface area contributed by atoms with Gasteiger partial charge in [-0.1, -0.05) is 18.1 Å². The normalized spacial score (nSPS) is 15.3. The van der Waals surface area contributed by atoms with Gasteiger partial charge in [-0.15, -0.1) is 0 Å². The van der Waals surface area contributed by atoms with Crippen molar-refractivity contribution in [2.45, 2.75) is 18.3 Å². The van der Waals surface area contributed by atoms with Gasteiger partial charge in [0.25, 0.3) is 0 Å². The second-order valence-corrected chi connectivity index (χ2v) is 3.63. The minimum atomic E-state index is -0.235. The van der Waals surface area contributed by atoms with Gasteiger partial charge in [0, 0.05) is 11.5 Å². The second-order valence-electron chi connectivity index (χ2n) is 3.63. The average molecular weight is 192 g/mol. The lowest BCUT2D eigenvalue weighted by atomic mass is 9.97. The average Bonchev–Trinajstić information content (AvgIpc) is 3.08. The highest BCUT2D eigenvalue weighted by Crippen LogP contribution is 2.47. The van der Waals surface area contributed by atoms with Crippen LogP contribution >= 0.6 is 0 Å². The molecule has 0 aromatic heterocycles. The summed E-state index contributed by atoms with van der Waals surface area (Å²) < 4.78 is 0. The third kappa shape index (κ3) is 1.69. The highest BCUT2D eigenvalue weighted by Gasteiger charge is 2.44. The molecular weight excluding hydrogens is 184 g/mol. The van der Waals surface area contributed by atoms with E-state index in [1.807, 2.05) is 24.3 Å². The number of rotatable bonds is 1. The molecule has 0 amide bonds. The zero-order valence-electron chi connectivity index (χ0n) is 8.12. The fourth-order valence-electron chi connectivity index (χ4n) is 1.56. The molecule has 1 aliphatic rings. The maximum Gasteiger partial charge on any atom is 0.152 e. The summed E-state index contributed by atoms with van der Waals surface area (Å²) in [5, 5.41) is 17.3. The SMILES string of the molecule is N#CC#Cc1ccc(C2(C#N)CC2)cc1. The Bertz CT molecular complexity index is 511. The quantitative estimate of drug-likeness (QED) is 0.640. The van der Waals surface area contributed by atoms with E-state index in [9.17, 15) is 0 Å². The Balaban J connectivity index is 2.27. The van der Waals surface area contributed by atoms with Gasteiger partial charge < -0.3 is 0 Å². The maximum atomic E-state index is 9.00. The van der Waals surface area contributed by atoms with Crippen LogP contribution in [0.4, 0.5) is 0 Å². The first-order valence-electron chi connectivity index (χ1n) is 4.73. The minimum absolute atomic E-state index is 0.235. The zero-order chi connectivity index (χ0) is 10.7. The van der Waals surface area contributed by atoms with Crippen molar-refractivity contribution in [2.24, 2.45) is 0 Å². The number of benzene rings is 1. The van der Waals surface area contributed by atoms with Gasteiger partial charge in [-0.3, -0.25) is 0 Å². The molecule has 2 rings (SSSR count). The molecule has 0 aliphatic heterocycles. The van der Waals surface area contributed by atoms with Crippen LogP contribution in [0.15, 0.2) is 24.3 Å². The molecule has 2 nitrogen and oxygen atoms in total. The third-order valence-corrected chi connectivity index (χ3v) is 2.66. The summed E-state index contributed by atoms with van der Waals surface area (Å²) in [6.07, 6.45) is 1.90. The van der Waals surface area contributed by atoms with E-state index in [0.29, 0.717) is 0 Å². The first-order chi connectivity index (χ1) is 7.30. The first kappa shape index (κ1) is 9.32. The molecule has 1 aromatic rings. The fourth-order valence-corrected chi connectivity index (χ4v) is 1.56. The molecule has 0 radical (unpaired) electrons. The van der Waals surface area contributed by atoms with Crippen LogP contribution in [-0.4, -0.2) is 0 Å². The van der Waals surface area contributed by atoms with Gasteiger partial charge in [-0.25, -0.2) is 0 Å². The van der Waals surface area contributed by atoms with Gasteiger partial charge in [0.05, 0.1) is 11.5 Å². The van der Waals surface area contributed by atoms with Gasteiger partial charge >= 0.3 is 0 Å². The summed E-state index contributed by atoms with van der Waals surface area (Å²) >= 11 is 0. The third-order valence-electron chi connectivity index (χ3n) is 2.66. The molecule has 0 saturated heterocycles. The van der Waals surface area contributed by atoms with E-state index in [4.69, 9.17) is 10.5 Å². The monoisotopic (exact) mass is 192 g/mol. The highest BCUT2D eigenvalue weighted by molar-refractivity contribution is 5.44. The van der Waals surface area contributed by atoms with Gasteiger partial charge in [-0.2, -0.15) is 10.5 Å². The van der Waals surface area contributed by atoms with Crippen LogP contribution in [0, 0.1) is 34.5 Å². The summed E-state index contributed by atoms with van der Waals surface area (Å²) in [4.78, 5) is 0. The van der Waals surface area contributed by atoms with Crippen molar-refractivity contribution in [3.05, 3.63) is 35.4 Å². The second kappa shape index (κ2) is 3.49. The van der Waals surface area contributed by atoms with Gasteiger partial charge in [0.1, 0.15) is 0 Å². The minimum Gasteiger partial charge on any atom is -0.197 e. The van der Waals surface area contributed by atoms with Crippen LogP contribution in [-0.2, 0) is 5.41 Å². The van der Waals surface area contributed by atoms with Crippen molar-refractivity contribution < 1.29 is 0 Å². The lowest BCUT2D eigenvalue weighted by Crippen LogP contribution is -2.01. The van der Waals surface area contributed by atoms with Crippen LogP contribution in [0.3, 0.4) is 0 Å². The van der Waals surface area contributed by atoms with E-state index in [0.717, 1.165) is 24.0 Å². The molecule has 1 saturated carbocycles. The van der Waals surface area contributed by atoms with Crippen molar-refractivity contribution in [3.63, 3.8) is 0 Å². The molecular formula is C13H8N2. The van der Waals surface area contributed by atoms with Crippen molar-refractivity contribution >= 4 is 0 Å². The topological polar surface area (TPSA) is 47.6 Å². The molecule has 1 fully saturated rings. The predicted octanol–water partition coefficient (Wildman–Crippen LogP) is 2.12. The van der Waals surface area contributed by atoms with Crippen LogP contribution in [0.2, 0.25) is 0 Å². The van der Waals surface area contributed by atoms with Gasteiger partial charge in [0.2, 0.25) is 0 Å². The highest BCUT2D eigenvalue weighted by atomic mass is 14.5. The largest absolute Gasteiger partial charge is 0.197 e. The number of hydrogen-bond acceptors (Lipinski definition) is 2. The van der Waals surface area contributed by atoms with E-state index in [-0.39, 0.29) is 5.41 Å². The molecule has 1 aromatic carbocycles. The lowest BCUT2D eigenvalue weighted by molar-refractivity contribution is 0.908. The molecule has 0 unspecified atom stereocenters. The predicted molar refractivity (Wildman–Crippen MR) is 55.5 cm³/mol. The molecule has 0 heterocycles. The zero-order valence-corrected chi connectivity index (χ0v) is 8.12. The Labute approximate surface area is 88.8 Å². The Kier molecular flexibility index (Phi) is 2.17. The summed E-state index contributed by atoms with van der Waals surface area (Å²) in [7, 11) is 0. The van der Waals surface area contributed by atoms with E-state index in [1.54, 1.807) is 6.07 Å². The van der Waals surface area contributed by atoms with Crippen LogP contribution in [0.25, 0.3) is 0 Å². The lowest BCUT2D eigenvalue weighted by Gasteiger charge is -2.04. The molecule has 0 bridgehead atoms. The molecule has 70 valence electrons. The van der Waals surface area contributed by atoms with E-state index >= 15 is 0 Å². The smallest absolute Gasteiger partial charge is 0.152 e. The van der Waals surface area contributed by atoms with Crippen LogP contribution in [0.1, 0.15) is 24.0 Å². The van der Waals surface area contributed by atoms with Crippen LogP contribution in [0.5, 0.6) is 0 Å². The Morgan fingerprint density at radius 1 is 1.07 bits per heavy atom. The van der Waals surface area contributed by atoms with Gasteiger partial charge in [-0.05, 0) is 30.5 Å². The van der Waals surface area contributed by atoms with Gasteiger partial charge in [0.15, 0.2) is 6.07 Å². The molecule has 15 heavy (non-hydrogen) atoms. The summed E-state index contributed by atoms with van der Waals surface area (Å²) in [6, 6.07) is 11.7. The van der Waals surface area contributed by atoms with E-state index in [1.165, 1.54) is 0 Å². The van der Waals surface area contributed by atoms with Crippen molar-refractivity contribution in [3.8, 4) is 24.0 Å². The molecule has 0 atom stereocenters. The number of nitrogens with zero attached hydrogens (tertiary/aromatic N) is 2. The van der Waals surface area contributed by atoms with E-state index < -0.39 is 0 Å². The standard InChI is InChI=1S/C13H8N2/c14-9-1-2-11-3-5-12(6-4-11)13(10-15)7-8-13/h3-6H,7-8H2. The Hall–Kier alpha value is -2.24. The Morgan fingerprint density at radius 3 is 2.20 bits per heavy atom. The maximum absolute atomic E-state index is 9.00. The van der Waals surface area contributed by atoms with E-state index in [2.05, 4.69) is 17.9 Å².